The van der Waals surface area contributed by atoms with Gasteiger partial charge in [-0.15, -0.1) is 0 Å². The zero-order valence-electron chi connectivity index (χ0n) is 12.4. The lowest BCUT2D eigenvalue weighted by Gasteiger charge is -2.13. The predicted molar refractivity (Wildman–Crippen MR) is 89.5 cm³/mol. The Bertz CT molecular complexity index is 636. The summed E-state index contributed by atoms with van der Waals surface area (Å²) in [7, 11) is 1.61. The highest BCUT2D eigenvalue weighted by atomic mass is 32.1. The van der Waals surface area contributed by atoms with Crippen LogP contribution in [0.15, 0.2) is 42.5 Å². The van der Waals surface area contributed by atoms with Crippen molar-refractivity contribution in [3.05, 3.63) is 53.6 Å². The molecular weight excluding hydrogens is 282 g/mol. The molecule has 2 aromatic carbocycles. The number of nitrogens with two attached hydrogens (primary N) is 1. The average Bonchev–Trinajstić information content (AvgIpc) is 2.47. The van der Waals surface area contributed by atoms with Gasteiger partial charge in [0.25, 0.3) is 0 Å². The highest BCUT2D eigenvalue weighted by molar-refractivity contribution is 7.80. The molecule has 0 fully saturated rings. The van der Waals surface area contributed by atoms with E-state index in [4.69, 9.17) is 27.4 Å². The van der Waals surface area contributed by atoms with Crippen LogP contribution in [0.5, 0.6) is 17.2 Å². The molecule has 2 N–H and O–H groups in total. The van der Waals surface area contributed by atoms with Crippen LogP contribution in [-0.4, -0.2) is 12.1 Å². The maximum atomic E-state index is 5.90. The van der Waals surface area contributed by atoms with Gasteiger partial charge in [0.15, 0.2) is 0 Å². The van der Waals surface area contributed by atoms with Crippen LogP contribution < -0.4 is 15.2 Å². The molecule has 21 heavy (non-hydrogen) atoms. The summed E-state index contributed by atoms with van der Waals surface area (Å²) in [5.74, 6) is 2.52. The van der Waals surface area contributed by atoms with Crippen LogP contribution in [0.25, 0.3) is 0 Å². The van der Waals surface area contributed by atoms with E-state index in [0.717, 1.165) is 5.75 Å². The van der Waals surface area contributed by atoms with E-state index < -0.39 is 0 Å². The van der Waals surface area contributed by atoms with Gasteiger partial charge in [0.1, 0.15) is 22.2 Å². The second-order valence-electron chi connectivity index (χ2n) is 5.05. The minimum absolute atomic E-state index is 0.298. The molecule has 4 heteroatoms. The van der Waals surface area contributed by atoms with Crippen molar-refractivity contribution in [2.45, 2.75) is 19.8 Å². The summed E-state index contributed by atoms with van der Waals surface area (Å²) in [5, 5.41) is 0. The van der Waals surface area contributed by atoms with Crippen LogP contribution in [0, 0.1) is 0 Å². The fourth-order valence-electron chi connectivity index (χ4n) is 1.97. The first-order valence-corrected chi connectivity index (χ1v) is 7.17. The largest absolute Gasteiger partial charge is 0.497 e. The van der Waals surface area contributed by atoms with Crippen molar-refractivity contribution in [2.75, 3.05) is 7.11 Å². The van der Waals surface area contributed by atoms with Crippen molar-refractivity contribution in [1.82, 2.24) is 0 Å². The van der Waals surface area contributed by atoms with Gasteiger partial charge in [-0.05, 0) is 35.7 Å². The molecule has 0 amide bonds. The maximum absolute atomic E-state index is 5.90. The van der Waals surface area contributed by atoms with E-state index in [1.54, 1.807) is 19.2 Å². The smallest absolute Gasteiger partial charge is 0.141 e. The Morgan fingerprint density at radius 2 is 1.67 bits per heavy atom. The fourth-order valence-corrected chi connectivity index (χ4v) is 2.13. The van der Waals surface area contributed by atoms with Crippen LogP contribution in [-0.2, 0) is 0 Å². The first-order chi connectivity index (χ1) is 10.0. The molecule has 110 valence electrons. The molecule has 0 unspecified atom stereocenters. The van der Waals surface area contributed by atoms with Gasteiger partial charge >= 0.3 is 0 Å². The average molecular weight is 301 g/mol. The number of methoxy groups -OCH3 is 1. The van der Waals surface area contributed by atoms with Crippen LogP contribution in [0.1, 0.15) is 30.9 Å². The van der Waals surface area contributed by atoms with Crippen molar-refractivity contribution < 1.29 is 9.47 Å². The van der Waals surface area contributed by atoms with E-state index >= 15 is 0 Å². The normalized spacial score (nSPS) is 10.5. The van der Waals surface area contributed by atoms with Gasteiger partial charge in [-0.1, -0.05) is 38.2 Å². The van der Waals surface area contributed by atoms with Crippen LogP contribution in [0.2, 0.25) is 0 Å². The van der Waals surface area contributed by atoms with Crippen molar-refractivity contribution >= 4 is 17.2 Å². The first kappa shape index (κ1) is 15.3. The van der Waals surface area contributed by atoms with Gasteiger partial charge < -0.3 is 15.2 Å². The van der Waals surface area contributed by atoms with E-state index in [1.165, 1.54) is 5.56 Å². The fraction of sp³-hybridized carbons (Fsp3) is 0.235. The molecule has 0 aliphatic heterocycles. The third-order valence-corrected chi connectivity index (χ3v) is 3.45. The highest BCUT2D eigenvalue weighted by Crippen LogP contribution is 2.30. The summed E-state index contributed by atoms with van der Waals surface area (Å²) in [6, 6.07) is 13.4. The lowest BCUT2D eigenvalue weighted by atomic mass is 10.0. The molecule has 2 aromatic rings. The van der Waals surface area contributed by atoms with Gasteiger partial charge in [-0.3, -0.25) is 0 Å². The van der Waals surface area contributed by atoms with E-state index in [1.807, 2.05) is 18.2 Å². The Morgan fingerprint density at radius 1 is 1.05 bits per heavy atom. The number of hydrogen-bond acceptors (Lipinski definition) is 3. The molecule has 2 rings (SSSR count). The topological polar surface area (TPSA) is 44.5 Å². The first-order valence-electron chi connectivity index (χ1n) is 6.77. The van der Waals surface area contributed by atoms with Crippen LogP contribution >= 0.6 is 12.2 Å². The Balaban J connectivity index is 2.31. The summed E-state index contributed by atoms with van der Waals surface area (Å²) < 4.78 is 11.1. The van der Waals surface area contributed by atoms with Gasteiger partial charge in [-0.25, -0.2) is 0 Å². The van der Waals surface area contributed by atoms with E-state index in [0.29, 0.717) is 28.0 Å². The summed E-state index contributed by atoms with van der Waals surface area (Å²) in [5.41, 5.74) is 7.69. The Morgan fingerprint density at radius 3 is 2.19 bits per heavy atom. The zero-order valence-corrected chi connectivity index (χ0v) is 13.2. The van der Waals surface area contributed by atoms with Gasteiger partial charge in [0, 0.05) is 6.07 Å². The van der Waals surface area contributed by atoms with Crippen molar-refractivity contribution in [2.24, 2.45) is 5.73 Å². The minimum atomic E-state index is 0.298. The summed E-state index contributed by atoms with van der Waals surface area (Å²) in [6.07, 6.45) is 0. The summed E-state index contributed by atoms with van der Waals surface area (Å²) in [6.45, 7) is 4.31. The second-order valence-corrected chi connectivity index (χ2v) is 5.49. The molecule has 0 heterocycles. The number of thiocarbonyl (C=S) groups is 1. The number of ether oxygens (including phenoxy) is 2. The van der Waals surface area contributed by atoms with Crippen molar-refractivity contribution in [3.63, 3.8) is 0 Å². The molecule has 0 saturated carbocycles. The maximum Gasteiger partial charge on any atom is 0.141 e. The van der Waals surface area contributed by atoms with Crippen LogP contribution in [0.3, 0.4) is 0 Å². The third-order valence-electron chi connectivity index (χ3n) is 3.23. The molecular formula is C17H19NO2S. The Hall–Kier alpha value is -2.07. The Kier molecular flexibility index (Phi) is 4.81. The monoisotopic (exact) mass is 301 g/mol. The molecule has 0 spiro atoms. The molecule has 0 saturated heterocycles. The predicted octanol–water partition coefficient (Wildman–Crippen LogP) is 4.25. The molecule has 0 atom stereocenters. The molecule has 0 aliphatic carbocycles. The van der Waals surface area contributed by atoms with Gasteiger partial charge in [0.2, 0.25) is 0 Å². The number of rotatable bonds is 5. The summed E-state index contributed by atoms with van der Waals surface area (Å²) in [4.78, 5) is 0.298. The minimum Gasteiger partial charge on any atom is -0.497 e. The van der Waals surface area contributed by atoms with Crippen molar-refractivity contribution in [1.29, 1.82) is 0 Å². The van der Waals surface area contributed by atoms with Gasteiger partial charge in [0.05, 0.1) is 12.7 Å². The van der Waals surface area contributed by atoms with E-state index in [9.17, 15) is 0 Å². The third kappa shape index (κ3) is 3.73. The van der Waals surface area contributed by atoms with Crippen molar-refractivity contribution in [3.8, 4) is 17.2 Å². The highest BCUT2D eigenvalue weighted by Gasteiger charge is 2.10. The van der Waals surface area contributed by atoms with Gasteiger partial charge in [-0.2, -0.15) is 0 Å². The zero-order chi connectivity index (χ0) is 15.4. The Labute approximate surface area is 130 Å². The lowest BCUT2D eigenvalue weighted by molar-refractivity contribution is 0.409. The van der Waals surface area contributed by atoms with E-state index in [2.05, 4.69) is 26.0 Å². The lowest BCUT2D eigenvalue weighted by Crippen LogP contribution is -2.10. The number of hydrogen-bond donors (Lipinski definition) is 1. The molecule has 3 nitrogen and oxygen atoms in total. The van der Waals surface area contributed by atoms with Crippen LogP contribution in [0.4, 0.5) is 0 Å². The number of benzene rings is 2. The molecule has 0 aliphatic rings. The standard InChI is InChI=1S/C17H19NO2S/c1-11(2)12-4-6-13(7-5-12)20-16-10-14(19-3)8-9-15(16)17(18)21/h4-11H,1-3H3,(H2,18,21). The van der Waals surface area contributed by atoms with E-state index in [-0.39, 0.29) is 0 Å². The quantitative estimate of drug-likeness (QED) is 0.839. The summed E-state index contributed by atoms with van der Waals surface area (Å²) >= 11 is 5.06. The molecule has 0 aromatic heterocycles. The SMILES string of the molecule is COc1ccc(C(N)=S)c(Oc2ccc(C(C)C)cc2)c1. The molecule has 0 bridgehead atoms. The second kappa shape index (κ2) is 6.59. The molecule has 0 radical (unpaired) electrons.